The predicted octanol–water partition coefficient (Wildman–Crippen LogP) is 2.81. The van der Waals surface area contributed by atoms with Gasteiger partial charge in [-0.05, 0) is 25.2 Å². The molecule has 0 saturated carbocycles. The molecule has 0 fully saturated rings. The highest BCUT2D eigenvalue weighted by Crippen LogP contribution is 2.31. The maximum Gasteiger partial charge on any atom is 0.419 e. The van der Waals surface area contributed by atoms with Crippen molar-refractivity contribution in [1.29, 1.82) is 0 Å². The Bertz CT molecular complexity index is 440. The van der Waals surface area contributed by atoms with E-state index in [9.17, 15) is 17.6 Å². The second kappa shape index (κ2) is 5.69. The summed E-state index contributed by atoms with van der Waals surface area (Å²) in [5.74, 6) is 3.98. The fraction of sp³-hybridized carbons (Fsp3) is 0.333. The number of nitrogens with one attached hydrogen (secondary N) is 1. The molecule has 1 aromatic carbocycles. The molecule has 0 heterocycles. The third-order valence-electron chi connectivity index (χ3n) is 2.00. The molecule has 0 atom stereocenters. The van der Waals surface area contributed by atoms with Gasteiger partial charge in [0.15, 0.2) is 0 Å². The van der Waals surface area contributed by atoms with Gasteiger partial charge in [-0.2, -0.15) is 13.2 Å². The van der Waals surface area contributed by atoms with Crippen molar-refractivity contribution in [3.05, 3.63) is 35.1 Å². The van der Waals surface area contributed by atoms with Crippen molar-refractivity contribution in [3.63, 3.8) is 0 Å². The molecule has 0 aliphatic heterocycles. The Labute approximate surface area is 96.8 Å². The lowest BCUT2D eigenvalue weighted by atomic mass is 10.1. The van der Waals surface area contributed by atoms with Crippen LogP contribution in [0.4, 0.5) is 17.6 Å². The maximum atomic E-state index is 12.9. The van der Waals surface area contributed by atoms with E-state index < -0.39 is 17.6 Å². The average Bonchev–Trinajstić information content (AvgIpc) is 2.25. The van der Waals surface area contributed by atoms with Crippen molar-refractivity contribution in [3.8, 4) is 11.8 Å². The van der Waals surface area contributed by atoms with E-state index in [1.54, 1.807) is 7.05 Å². The van der Waals surface area contributed by atoms with Crippen molar-refractivity contribution in [2.24, 2.45) is 0 Å². The van der Waals surface area contributed by atoms with Gasteiger partial charge >= 0.3 is 6.18 Å². The van der Waals surface area contributed by atoms with E-state index in [2.05, 4.69) is 17.2 Å². The van der Waals surface area contributed by atoms with E-state index >= 15 is 0 Å². The molecular formula is C12H11F4N. The number of hydrogen-bond acceptors (Lipinski definition) is 1. The lowest BCUT2D eigenvalue weighted by Gasteiger charge is -2.07. The quantitative estimate of drug-likeness (QED) is 0.480. The molecule has 1 aromatic rings. The molecule has 0 aromatic heterocycles. The third kappa shape index (κ3) is 4.08. The smallest absolute Gasteiger partial charge is 0.319 e. The van der Waals surface area contributed by atoms with Crippen LogP contribution in [0.5, 0.6) is 0 Å². The number of benzene rings is 1. The van der Waals surface area contributed by atoms with Gasteiger partial charge in [0.25, 0.3) is 0 Å². The molecule has 0 spiro atoms. The van der Waals surface area contributed by atoms with Gasteiger partial charge in [-0.25, -0.2) is 4.39 Å². The van der Waals surface area contributed by atoms with Crippen LogP contribution >= 0.6 is 0 Å². The summed E-state index contributed by atoms with van der Waals surface area (Å²) in [6, 6.07) is 2.74. The van der Waals surface area contributed by atoms with Crippen molar-refractivity contribution >= 4 is 0 Å². The van der Waals surface area contributed by atoms with Crippen LogP contribution in [-0.2, 0) is 6.18 Å². The van der Waals surface area contributed by atoms with Gasteiger partial charge in [-0.3, -0.25) is 0 Å². The summed E-state index contributed by atoms with van der Waals surface area (Å²) in [6.07, 6.45) is -4.16. The van der Waals surface area contributed by atoms with Crippen LogP contribution in [0.2, 0.25) is 0 Å². The van der Waals surface area contributed by atoms with E-state index in [4.69, 9.17) is 0 Å². The fourth-order valence-electron chi connectivity index (χ4n) is 1.17. The van der Waals surface area contributed by atoms with Gasteiger partial charge in [-0.1, -0.05) is 11.8 Å². The molecule has 17 heavy (non-hydrogen) atoms. The Kier molecular flexibility index (Phi) is 4.53. The number of hydrogen-bond donors (Lipinski definition) is 1. The van der Waals surface area contributed by atoms with Crippen LogP contribution < -0.4 is 5.32 Å². The first-order chi connectivity index (χ1) is 7.95. The number of alkyl halides is 3. The summed E-state index contributed by atoms with van der Waals surface area (Å²) < 4.78 is 50.1. The predicted molar refractivity (Wildman–Crippen MR) is 56.8 cm³/mol. The van der Waals surface area contributed by atoms with E-state index in [1.807, 2.05) is 0 Å². The summed E-state index contributed by atoms with van der Waals surface area (Å²) in [6.45, 7) is 0.653. The second-order valence-electron chi connectivity index (χ2n) is 3.35. The van der Waals surface area contributed by atoms with Crippen LogP contribution in [-0.4, -0.2) is 13.6 Å². The first-order valence-corrected chi connectivity index (χ1v) is 4.95. The number of halogens is 4. The Morgan fingerprint density at radius 1 is 1.29 bits per heavy atom. The van der Waals surface area contributed by atoms with Crippen molar-refractivity contribution < 1.29 is 17.6 Å². The van der Waals surface area contributed by atoms with Crippen molar-refractivity contribution in [2.45, 2.75) is 12.6 Å². The lowest BCUT2D eigenvalue weighted by molar-refractivity contribution is -0.140. The summed E-state index contributed by atoms with van der Waals surface area (Å²) in [5.41, 5.74) is -1.12. The molecule has 92 valence electrons. The highest BCUT2D eigenvalue weighted by molar-refractivity contribution is 5.38. The van der Waals surface area contributed by atoms with Crippen LogP contribution in [0.15, 0.2) is 18.2 Å². The molecule has 5 heteroatoms. The Hall–Kier alpha value is -1.54. The van der Waals surface area contributed by atoms with Crippen LogP contribution in [0.1, 0.15) is 17.5 Å². The van der Waals surface area contributed by atoms with E-state index in [0.29, 0.717) is 13.0 Å². The molecule has 1 nitrogen and oxygen atoms in total. The SMILES string of the molecule is CNCCC#Cc1ccc(F)c(C(F)(F)F)c1. The second-order valence-corrected chi connectivity index (χ2v) is 3.35. The Balaban J connectivity index is 2.92. The van der Waals surface area contributed by atoms with E-state index in [1.165, 1.54) is 6.07 Å². The molecular weight excluding hydrogens is 234 g/mol. The molecule has 1 N–H and O–H groups in total. The lowest BCUT2D eigenvalue weighted by Crippen LogP contribution is -2.08. The molecule has 0 saturated heterocycles. The van der Waals surface area contributed by atoms with Gasteiger partial charge in [0.1, 0.15) is 5.82 Å². The molecule has 0 aliphatic carbocycles. The van der Waals surface area contributed by atoms with Crippen molar-refractivity contribution in [2.75, 3.05) is 13.6 Å². The molecule has 0 radical (unpaired) electrons. The molecule has 0 bridgehead atoms. The van der Waals surface area contributed by atoms with Crippen LogP contribution in [0.25, 0.3) is 0 Å². The molecule has 0 unspecified atom stereocenters. The Morgan fingerprint density at radius 2 is 2.00 bits per heavy atom. The van der Waals surface area contributed by atoms with E-state index in [-0.39, 0.29) is 5.56 Å². The first kappa shape index (κ1) is 13.5. The van der Waals surface area contributed by atoms with Gasteiger partial charge in [0.2, 0.25) is 0 Å². The monoisotopic (exact) mass is 245 g/mol. The molecule has 1 rings (SSSR count). The zero-order valence-electron chi connectivity index (χ0n) is 9.16. The summed E-state index contributed by atoms with van der Waals surface area (Å²) in [5, 5.41) is 2.86. The highest BCUT2D eigenvalue weighted by Gasteiger charge is 2.34. The first-order valence-electron chi connectivity index (χ1n) is 4.95. The van der Waals surface area contributed by atoms with Gasteiger partial charge < -0.3 is 5.32 Å². The standard InChI is InChI=1S/C12H11F4N/c1-17-7-3-2-4-9-5-6-11(13)10(8-9)12(14,15)16/h5-6,8,17H,3,7H2,1H3. The largest absolute Gasteiger partial charge is 0.419 e. The number of rotatable bonds is 2. The van der Waals surface area contributed by atoms with Gasteiger partial charge in [-0.15, -0.1) is 0 Å². The molecule has 0 aliphatic rings. The fourth-order valence-corrected chi connectivity index (χ4v) is 1.17. The van der Waals surface area contributed by atoms with Gasteiger partial charge in [0, 0.05) is 18.5 Å². The Morgan fingerprint density at radius 3 is 2.59 bits per heavy atom. The minimum atomic E-state index is -4.69. The highest BCUT2D eigenvalue weighted by atomic mass is 19.4. The molecule has 0 amide bonds. The maximum absolute atomic E-state index is 12.9. The van der Waals surface area contributed by atoms with Crippen molar-refractivity contribution in [1.82, 2.24) is 5.32 Å². The van der Waals surface area contributed by atoms with E-state index in [0.717, 1.165) is 12.1 Å². The van der Waals surface area contributed by atoms with Gasteiger partial charge in [0.05, 0.1) is 5.56 Å². The van der Waals surface area contributed by atoms with Crippen LogP contribution in [0, 0.1) is 17.7 Å². The average molecular weight is 245 g/mol. The minimum absolute atomic E-state index is 0.162. The normalized spacial score (nSPS) is 10.9. The third-order valence-corrected chi connectivity index (χ3v) is 2.00. The summed E-state index contributed by atoms with van der Waals surface area (Å²) in [7, 11) is 1.75. The summed E-state index contributed by atoms with van der Waals surface area (Å²) in [4.78, 5) is 0. The summed E-state index contributed by atoms with van der Waals surface area (Å²) >= 11 is 0. The van der Waals surface area contributed by atoms with Crippen LogP contribution in [0.3, 0.4) is 0 Å². The topological polar surface area (TPSA) is 12.0 Å². The minimum Gasteiger partial charge on any atom is -0.319 e. The zero-order chi connectivity index (χ0) is 12.9. The zero-order valence-corrected chi connectivity index (χ0v) is 9.16.